The summed E-state index contributed by atoms with van der Waals surface area (Å²) in [7, 11) is -4.71. The molecule has 0 rings (SSSR count). The summed E-state index contributed by atoms with van der Waals surface area (Å²) in [4.78, 5) is 45.8. The van der Waals surface area contributed by atoms with E-state index in [1.54, 1.807) is 0 Å². The van der Waals surface area contributed by atoms with Crippen molar-refractivity contribution in [1.82, 2.24) is 0 Å². The van der Waals surface area contributed by atoms with Gasteiger partial charge in [0.25, 0.3) is 0 Å². The molecule has 0 aromatic carbocycles. The van der Waals surface area contributed by atoms with Gasteiger partial charge in [-0.25, -0.2) is 4.57 Å². The molecule has 0 fully saturated rings. The fourth-order valence-electron chi connectivity index (χ4n) is 5.58. The minimum atomic E-state index is -4.71. The van der Waals surface area contributed by atoms with Crippen LogP contribution in [0.25, 0.3) is 0 Å². The molecule has 0 aromatic rings. The quantitative estimate of drug-likeness (QED) is 0.0235. The summed E-state index contributed by atoms with van der Waals surface area (Å²) in [5.41, 5.74) is 5.32. The predicted molar refractivity (Wildman–Crippen MR) is 212 cm³/mol. The molecule has 3 unspecified atom stereocenters. The van der Waals surface area contributed by atoms with E-state index in [0.29, 0.717) is 12.8 Å². The molecule has 0 heterocycles. The van der Waals surface area contributed by atoms with Crippen LogP contribution >= 0.6 is 7.82 Å². The minimum absolute atomic E-state index is 0.151. The van der Waals surface area contributed by atoms with Gasteiger partial charge < -0.3 is 25.2 Å². The summed E-state index contributed by atoms with van der Waals surface area (Å²) >= 11 is 0. The van der Waals surface area contributed by atoms with Crippen LogP contribution in [0.4, 0.5) is 0 Å². The molecule has 0 amide bonds. The Balaban J connectivity index is 4.41. The fraction of sp³-hybridized carbons (Fsp3) is 0.829. The zero-order chi connectivity index (χ0) is 39.3. The minimum Gasteiger partial charge on any atom is -0.480 e. The number of carboxylic acid groups (broad SMARTS) is 1. The molecule has 12 heteroatoms. The summed E-state index contributed by atoms with van der Waals surface area (Å²) in [5.74, 6) is -2.40. The maximum Gasteiger partial charge on any atom is 0.472 e. The molecule has 310 valence electrons. The summed E-state index contributed by atoms with van der Waals surface area (Å²) in [6.45, 7) is 2.76. The van der Waals surface area contributed by atoms with E-state index in [1.807, 2.05) is 0 Å². The summed E-state index contributed by atoms with van der Waals surface area (Å²) in [6.07, 6.45) is 36.7. The topological polar surface area (TPSA) is 172 Å². The first-order valence-electron chi connectivity index (χ1n) is 20.9. The SMILES string of the molecule is CCCCCC/C=C\CCCCCCCC(=O)OCC(COP(=O)(O)OCC(N)C(=O)O)OC(=O)CCCCCCC/C=C\CCCCCCCCC. The number of phosphoric ester groups is 1. The number of aliphatic carboxylic acids is 1. The van der Waals surface area contributed by atoms with E-state index in [2.05, 4.69) is 42.7 Å². The van der Waals surface area contributed by atoms with Gasteiger partial charge in [-0.2, -0.15) is 0 Å². The van der Waals surface area contributed by atoms with Crippen molar-refractivity contribution in [3.63, 3.8) is 0 Å². The Morgan fingerprint density at radius 2 is 0.943 bits per heavy atom. The van der Waals surface area contributed by atoms with Crippen LogP contribution in [0.1, 0.15) is 187 Å². The number of rotatable bonds is 39. The van der Waals surface area contributed by atoms with E-state index in [4.69, 9.17) is 24.8 Å². The molecule has 0 bridgehead atoms. The zero-order valence-electron chi connectivity index (χ0n) is 33.4. The van der Waals surface area contributed by atoms with Gasteiger partial charge in [0.15, 0.2) is 6.10 Å². The third kappa shape index (κ3) is 36.7. The van der Waals surface area contributed by atoms with Crippen molar-refractivity contribution in [2.45, 2.75) is 199 Å². The number of nitrogens with two attached hydrogens (primary N) is 1. The standard InChI is InChI=1S/C41H76NO10P/c1-3-5-7-9-11-13-15-17-18-19-21-23-25-27-29-31-33-40(44)52-37(35-50-53(47,48)51-36-38(42)41(45)46)34-49-39(43)32-30-28-26-24-22-20-16-14-12-10-8-6-4-2/h14,16,18-19,37-38H,3-13,15,17,20-36,42H2,1-2H3,(H,45,46)(H,47,48)/b16-14-,19-18-. The first kappa shape index (κ1) is 51.0. The zero-order valence-corrected chi connectivity index (χ0v) is 34.3. The van der Waals surface area contributed by atoms with Gasteiger partial charge in [-0.05, 0) is 64.2 Å². The van der Waals surface area contributed by atoms with E-state index < -0.39 is 51.1 Å². The molecule has 0 saturated carbocycles. The van der Waals surface area contributed by atoms with Crippen molar-refractivity contribution < 1.29 is 47.5 Å². The van der Waals surface area contributed by atoms with Gasteiger partial charge in [0.1, 0.15) is 12.6 Å². The maximum atomic E-state index is 12.6. The van der Waals surface area contributed by atoms with Gasteiger partial charge in [0.2, 0.25) is 0 Å². The average Bonchev–Trinajstić information content (AvgIpc) is 3.13. The Kier molecular flexibility index (Phi) is 35.5. The van der Waals surface area contributed by atoms with Gasteiger partial charge in [-0.15, -0.1) is 0 Å². The fourth-order valence-corrected chi connectivity index (χ4v) is 6.36. The van der Waals surface area contributed by atoms with Crippen LogP contribution in [0.2, 0.25) is 0 Å². The van der Waals surface area contributed by atoms with Gasteiger partial charge in [-0.1, -0.05) is 134 Å². The summed E-state index contributed by atoms with van der Waals surface area (Å²) < 4.78 is 32.6. The van der Waals surface area contributed by atoms with E-state index >= 15 is 0 Å². The number of unbranched alkanes of at least 4 members (excludes halogenated alkanes) is 21. The van der Waals surface area contributed by atoms with Crippen LogP contribution in [0.15, 0.2) is 24.3 Å². The lowest BCUT2D eigenvalue weighted by Crippen LogP contribution is -2.34. The largest absolute Gasteiger partial charge is 0.480 e. The van der Waals surface area contributed by atoms with Gasteiger partial charge in [-0.3, -0.25) is 23.4 Å². The van der Waals surface area contributed by atoms with Crippen LogP contribution in [0.3, 0.4) is 0 Å². The lowest BCUT2D eigenvalue weighted by atomic mass is 10.1. The normalized spacial score (nSPS) is 14.0. The highest BCUT2D eigenvalue weighted by molar-refractivity contribution is 7.47. The first-order valence-corrected chi connectivity index (χ1v) is 22.4. The summed E-state index contributed by atoms with van der Waals surface area (Å²) in [6, 6.07) is -1.52. The van der Waals surface area contributed by atoms with Crippen molar-refractivity contribution in [3.05, 3.63) is 24.3 Å². The monoisotopic (exact) mass is 774 g/mol. The molecule has 0 radical (unpaired) electrons. The smallest absolute Gasteiger partial charge is 0.472 e. The Labute approximate surface area is 321 Å². The molecule has 0 spiro atoms. The molecule has 4 N–H and O–H groups in total. The van der Waals surface area contributed by atoms with Crippen LogP contribution in [0.5, 0.6) is 0 Å². The number of allylic oxidation sites excluding steroid dienone is 4. The number of esters is 2. The Bertz CT molecular complexity index is 1010. The number of carbonyl (C=O) groups excluding carboxylic acids is 2. The lowest BCUT2D eigenvalue weighted by molar-refractivity contribution is -0.161. The van der Waals surface area contributed by atoms with Gasteiger partial charge >= 0.3 is 25.7 Å². The Morgan fingerprint density at radius 1 is 0.566 bits per heavy atom. The number of ether oxygens (including phenoxy) is 2. The second kappa shape index (κ2) is 36.9. The second-order valence-electron chi connectivity index (χ2n) is 14.1. The molecule has 0 aliphatic rings. The first-order chi connectivity index (χ1) is 25.6. The predicted octanol–water partition coefficient (Wildman–Crippen LogP) is 10.7. The molecule has 53 heavy (non-hydrogen) atoms. The second-order valence-corrected chi connectivity index (χ2v) is 15.6. The van der Waals surface area contributed by atoms with E-state index in [1.165, 1.54) is 70.6 Å². The molecule has 0 aromatic heterocycles. The van der Waals surface area contributed by atoms with Crippen molar-refractivity contribution >= 4 is 25.7 Å². The average molecular weight is 774 g/mol. The van der Waals surface area contributed by atoms with Crippen molar-refractivity contribution in [3.8, 4) is 0 Å². The molecule has 3 atom stereocenters. The number of hydrogen-bond donors (Lipinski definition) is 3. The highest BCUT2D eigenvalue weighted by atomic mass is 31.2. The number of phosphoric acid groups is 1. The lowest BCUT2D eigenvalue weighted by Gasteiger charge is -2.20. The third-order valence-electron chi connectivity index (χ3n) is 8.92. The van der Waals surface area contributed by atoms with E-state index in [9.17, 15) is 23.8 Å². The summed E-state index contributed by atoms with van der Waals surface area (Å²) in [5, 5.41) is 8.87. The number of carboxylic acids is 1. The van der Waals surface area contributed by atoms with Crippen molar-refractivity contribution in [2.24, 2.45) is 5.73 Å². The Morgan fingerprint density at radius 3 is 1.40 bits per heavy atom. The molecule has 0 aliphatic carbocycles. The highest BCUT2D eigenvalue weighted by Gasteiger charge is 2.28. The molecule has 0 saturated heterocycles. The highest BCUT2D eigenvalue weighted by Crippen LogP contribution is 2.43. The van der Waals surface area contributed by atoms with Crippen LogP contribution in [-0.4, -0.2) is 59.9 Å². The van der Waals surface area contributed by atoms with E-state index in [0.717, 1.165) is 77.0 Å². The number of hydrogen-bond acceptors (Lipinski definition) is 9. The van der Waals surface area contributed by atoms with Gasteiger partial charge in [0, 0.05) is 12.8 Å². The molecule has 0 aliphatic heterocycles. The molecule has 11 nitrogen and oxygen atoms in total. The van der Waals surface area contributed by atoms with Gasteiger partial charge in [0.05, 0.1) is 13.2 Å². The molecular weight excluding hydrogens is 697 g/mol. The van der Waals surface area contributed by atoms with Crippen LogP contribution in [0, 0.1) is 0 Å². The van der Waals surface area contributed by atoms with Crippen LogP contribution in [-0.2, 0) is 37.5 Å². The van der Waals surface area contributed by atoms with E-state index in [-0.39, 0.29) is 19.4 Å². The molecular formula is C41H76NO10P. The maximum absolute atomic E-state index is 12.6. The van der Waals surface area contributed by atoms with Crippen molar-refractivity contribution in [1.29, 1.82) is 0 Å². The Hall–Kier alpha value is -2.04. The number of carbonyl (C=O) groups is 3. The van der Waals surface area contributed by atoms with Crippen molar-refractivity contribution in [2.75, 3.05) is 19.8 Å². The van der Waals surface area contributed by atoms with Crippen LogP contribution < -0.4 is 5.73 Å². The third-order valence-corrected chi connectivity index (χ3v) is 9.87.